The van der Waals surface area contributed by atoms with Gasteiger partial charge >= 0.3 is 5.97 Å². The molecule has 0 unspecified atom stereocenters. The Bertz CT molecular complexity index is 935. The SMILES string of the molecule is O=C(C[N+]12CCC(CC1)[C@@H](OC(=O)[C@H](c1ccccc1)N1CCCCC1)C2)Nc1ccon1. The molecule has 5 heterocycles. The standard InChI is InChI=1S/C25H32N4O4/c30-23(26-22-11-16-32-27-22)18-29-14-9-19(10-15-29)21(17-29)33-25(31)24(20-7-3-1-4-8-20)28-12-5-2-6-13-28/h1,3-4,7-8,11,16,19,21,24H,2,5-6,9-10,12-15,17-18H2/p+1/t19?,21-,24-,29?/m0/s1. The van der Waals surface area contributed by atoms with Crippen molar-refractivity contribution in [1.82, 2.24) is 10.1 Å². The van der Waals surface area contributed by atoms with Gasteiger partial charge in [-0.2, -0.15) is 0 Å². The van der Waals surface area contributed by atoms with Crippen LogP contribution in [0, 0.1) is 5.92 Å². The number of carbonyl (C=O) groups excluding carboxylic acids is 2. The van der Waals surface area contributed by atoms with Gasteiger partial charge in [0.2, 0.25) is 0 Å². The molecule has 4 saturated heterocycles. The highest BCUT2D eigenvalue weighted by Crippen LogP contribution is 2.37. The minimum Gasteiger partial charge on any atom is -0.455 e. The lowest BCUT2D eigenvalue weighted by atomic mass is 9.83. The molecule has 0 spiro atoms. The van der Waals surface area contributed by atoms with Crippen LogP contribution in [0.25, 0.3) is 0 Å². The predicted molar refractivity (Wildman–Crippen MR) is 122 cm³/mol. The van der Waals surface area contributed by atoms with E-state index in [2.05, 4.69) is 15.4 Å². The Balaban J connectivity index is 1.27. The van der Waals surface area contributed by atoms with Gasteiger partial charge in [0.25, 0.3) is 5.91 Å². The van der Waals surface area contributed by atoms with E-state index in [-0.39, 0.29) is 24.0 Å². The third-order valence-electron chi connectivity index (χ3n) is 7.59. The van der Waals surface area contributed by atoms with Crippen LogP contribution >= 0.6 is 0 Å². The van der Waals surface area contributed by atoms with Crippen LogP contribution in [0.2, 0.25) is 0 Å². The van der Waals surface area contributed by atoms with E-state index in [1.807, 2.05) is 30.3 Å². The topological polar surface area (TPSA) is 84.7 Å². The lowest BCUT2D eigenvalue weighted by Crippen LogP contribution is -2.66. The van der Waals surface area contributed by atoms with Crippen molar-refractivity contribution in [2.24, 2.45) is 5.92 Å². The number of anilines is 1. The second-order valence-corrected chi connectivity index (χ2v) is 9.79. The summed E-state index contributed by atoms with van der Waals surface area (Å²) in [4.78, 5) is 28.5. The minimum absolute atomic E-state index is 0.0789. The van der Waals surface area contributed by atoms with Crippen molar-refractivity contribution in [3.8, 4) is 0 Å². The van der Waals surface area contributed by atoms with Gasteiger partial charge < -0.3 is 19.1 Å². The van der Waals surface area contributed by atoms with E-state index in [1.54, 1.807) is 6.07 Å². The van der Waals surface area contributed by atoms with E-state index in [0.717, 1.165) is 57.4 Å². The van der Waals surface area contributed by atoms with E-state index in [4.69, 9.17) is 9.26 Å². The first-order valence-corrected chi connectivity index (χ1v) is 12.2. The fraction of sp³-hybridized carbons (Fsp3) is 0.560. The number of nitrogens with one attached hydrogen (secondary N) is 1. The molecule has 2 atom stereocenters. The van der Waals surface area contributed by atoms with Crippen LogP contribution in [-0.4, -0.2) is 71.8 Å². The quantitative estimate of drug-likeness (QED) is 0.513. The highest BCUT2D eigenvalue weighted by atomic mass is 16.5. The normalized spacial score (nSPS) is 28.2. The number of likely N-dealkylation sites (tertiary alicyclic amines) is 1. The third-order valence-corrected chi connectivity index (χ3v) is 7.59. The van der Waals surface area contributed by atoms with Crippen LogP contribution in [0.1, 0.15) is 43.7 Å². The summed E-state index contributed by atoms with van der Waals surface area (Å²) < 4.78 is 11.7. The molecule has 0 saturated carbocycles. The number of hydrogen-bond donors (Lipinski definition) is 1. The molecule has 1 aromatic carbocycles. The van der Waals surface area contributed by atoms with Crippen molar-refractivity contribution in [2.75, 3.05) is 44.6 Å². The van der Waals surface area contributed by atoms with Crippen LogP contribution in [0.3, 0.4) is 0 Å². The molecular formula is C25H33N4O4+. The van der Waals surface area contributed by atoms with E-state index < -0.39 is 0 Å². The number of nitrogens with zero attached hydrogens (tertiary/aromatic N) is 3. The number of ether oxygens (including phenoxy) is 1. The largest absolute Gasteiger partial charge is 0.455 e. The highest BCUT2D eigenvalue weighted by Gasteiger charge is 2.49. The minimum atomic E-state index is -0.356. The number of benzene rings is 1. The van der Waals surface area contributed by atoms with Crippen LogP contribution in [0.5, 0.6) is 0 Å². The van der Waals surface area contributed by atoms with Crippen molar-refractivity contribution in [3.63, 3.8) is 0 Å². The molecule has 8 nitrogen and oxygen atoms in total. The average Bonchev–Trinajstić information content (AvgIpc) is 3.34. The molecule has 8 heteroatoms. The second kappa shape index (κ2) is 9.65. The smallest absolute Gasteiger partial charge is 0.328 e. The zero-order chi connectivity index (χ0) is 22.7. The average molecular weight is 454 g/mol. The Morgan fingerprint density at radius 3 is 2.58 bits per heavy atom. The Morgan fingerprint density at radius 2 is 1.88 bits per heavy atom. The van der Waals surface area contributed by atoms with Crippen LogP contribution in [0.15, 0.2) is 47.2 Å². The maximum absolute atomic E-state index is 13.6. The monoisotopic (exact) mass is 453 g/mol. The first-order chi connectivity index (χ1) is 16.1. The number of quaternary nitrogens is 1. The third kappa shape index (κ3) is 4.96. The molecule has 176 valence electrons. The summed E-state index contributed by atoms with van der Waals surface area (Å²) in [6.07, 6.45) is 6.70. The maximum Gasteiger partial charge on any atom is 0.328 e. The van der Waals surface area contributed by atoms with Gasteiger partial charge in [0, 0.05) is 24.8 Å². The number of carbonyl (C=O) groups is 2. The fourth-order valence-electron chi connectivity index (χ4n) is 5.86. The summed E-state index contributed by atoms with van der Waals surface area (Å²) in [6, 6.07) is 11.3. The molecule has 33 heavy (non-hydrogen) atoms. The van der Waals surface area contributed by atoms with Gasteiger partial charge in [-0.15, -0.1) is 0 Å². The number of esters is 1. The van der Waals surface area contributed by atoms with Crippen molar-refractivity contribution < 1.29 is 23.3 Å². The molecule has 4 fully saturated rings. The number of aromatic nitrogens is 1. The van der Waals surface area contributed by atoms with Gasteiger partial charge in [-0.25, -0.2) is 4.79 Å². The number of rotatable bonds is 7. The van der Waals surface area contributed by atoms with E-state index in [1.165, 1.54) is 12.7 Å². The van der Waals surface area contributed by atoms with Crippen molar-refractivity contribution >= 4 is 17.7 Å². The lowest BCUT2D eigenvalue weighted by Gasteiger charge is -2.51. The van der Waals surface area contributed by atoms with Crippen LogP contribution in [-0.2, 0) is 14.3 Å². The molecule has 4 aliphatic rings. The van der Waals surface area contributed by atoms with Gasteiger partial charge in [0.05, 0.1) is 13.1 Å². The summed E-state index contributed by atoms with van der Waals surface area (Å²) in [7, 11) is 0. The van der Waals surface area contributed by atoms with E-state index in [0.29, 0.717) is 29.3 Å². The Morgan fingerprint density at radius 1 is 1.12 bits per heavy atom. The zero-order valence-corrected chi connectivity index (χ0v) is 19.0. The Hall–Kier alpha value is -2.71. The number of hydrogen-bond acceptors (Lipinski definition) is 6. The van der Waals surface area contributed by atoms with Crippen LogP contribution in [0.4, 0.5) is 5.82 Å². The van der Waals surface area contributed by atoms with E-state index >= 15 is 0 Å². The molecule has 1 amide bonds. The summed E-state index contributed by atoms with van der Waals surface area (Å²) in [5.41, 5.74) is 1.00. The molecule has 0 aliphatic carbocycles. The molecule has 1 N–H and O–H groups in total. The number of amides is 1. The molecule has 4 aliphatic heterocycles. The summed E-state index contributed by atoms with van der Waals surface area (Å²) in [6.45, 7) is 4.79. The lowest BCUT2D eigenvalue weighted by molar-refractivity contribution is -0.939. The summed E-state index contributed by atoms with van der Waals surface area (Å²) >= 11 is 0. The fourth-order valence-corrected chi connectivity index (χ4v) is 5.86. The first kappa shape index (κ1) is 22.1. The number of fused-ring (bicyclic) bond motifs is 3. The molecule has 2 bridgehead atoms. The maximum atomic E-state index is 13.6. The molecular weight excluding hydrogens is 420 g/mol. The van der Waals surface area contributed by atoms with Gasteiger partial charge in [-0.3, -0.25) is 9.69 Å². The first-order valence-electron chi connectivity index (χ1n) is 12.2. The second-order valence-electron chi connectivity index (χ2n) is 9.79. The summed E-state index contributed by atoms with van der Waals surface area (Å²) in [5.74, 6) is 0.586. The van der Waals surface area contributed by atoms with E-state index in [9.17, 15) is 9.59 Å². The molecule has 0 radical (unpaired) electrons. The Labute approximate surface area is 194 Å². The zero-order valence-electron chi connectivity index (χ0n) is 19.0. The van der Waals surface area contributed by atoms with Crippen molar-refractivity contribution in [3.05, 3.63) is 48.2 Å². The number of piperidine rings is 4. The highest BCUT2D eigenvalue weighted by molar-refractivity contribution is 5.90. The van der Waals surface area contributed by atoms with Crippen LogP contribution < -0.4 is 5.32 Å². The Kier molecular flexibility index (Phi) is 6.46. The van der Waals surface area contributed by atoms with Gasteiger partial charge in [-0.05, 0) is 31.5 Å². The van der Waals surface area contributed by atoms with Gasteiger partial charge in [0.1, 0.15) is 18.8 Å². The van der Waals surface area contributed by atoms with Gasteiger partial charge in [-0.1, -0.05) is 41.9 Å². The van der Waals surface area contributed by atoms with Crippen molar-refractivity contribution in [2.45, 2.75) is 44.2 Å². The summed E-state index contributed by atoms with van der Waals surface area (Å²) in [5, 5.41) is 6.58. The molecule has 1 aromatic heterocycles. The predicted octanol–water partition coefficient (Wildman–Crippen LogP) is 2.99. The van der Waals surface area contributed by atoms with Gasteiger partial charge in [0.15, 0.2) is 18.5 Å². The molecule has 6 rings (SSSR count). The molecule has 2 aromatic rings. The van der Waals surface area contributed by atoms with Crippen molar-refractivity contribution in [1.29, 1.82) is 0 Å².